The summed E-state index contributed by atoms with van der Waals surface area (Å²) in [6.45, 7) is 4.26. The summed E-state index contributed by atoms with van der Waals surface area (Å²) in [5.74, 6) is 0. The van der Waals surface area contributed by atoms with Gasteiger partial charge in [-0.3, -0.25) is 4.98 Å². The quantitative estimate of drug-likeness (QED) is 0.275. The highest BCUT2D eigenvalue weighted by molar-refractivity contribution is 9.09. The molecule has 1 heterocycles. The highest BCUT2D eigenvalue weighted by Gasteiger charge is 1.92. The van der Waals surface area contributed by atoms with Crippen molar-refractivity contribution in [2.24, 2.45) is 0 Å². The second-order valence-electron chi connectivity index (χ2n) is 6.05. The molecule has 2 heteroatoms. The molecule has 0 aliphatic rings. The Kier molecular flexibility index (Phi) is 18.4. The molecule has 22 heavy (non-hydrogen) atoms. The summed E-state index contributed by atoms with van der Waals surface area (Å²) in [4.78, 5) is 3.98. The van der Waals surface area contributed by atoms with Crippen LogP contribution in [0.25, 0.3) is 0 Å². The normalized spacial score (nSPS) is 10.1. The van der Waals surface area contributed by atoms with E-state index in [1.807, 2.05) is 25.1 Å². The third-order valence-electron chi connectivity index (χ3n) is 3.80. The van der Waals surface area contributed by atoms with Crippen LogP contribution < -0.4 is 0 Å². The Hall–Kier alpha value is -0.370. The smallest absolute Gasteiger partial charge is 0.0372 e. The molecule has 0 radical (unpaired) electrons. The van der Waals surface area contributed by atoms with Crippen LogP contribution in [0.15, 0.2) is 24.4 Å². The summed E-state index contributed by atoms with van der Waals surface area (Å²) in [7, 11) is 0. The maximum absolute atomic E-state index is 3.98. The van der Waals surface area contributed by atoms with Crippen molar-refractivity contribution in [1.29, 1.82) is 0 Å². The fourth-order valence-electron chi connectivity index (χ4n) is 2.38. The standard InChI is InChI=1S/C14H29Br.C6H7N/c1-2-3-4-5-6-7-8-9-10-11-12-13-14-15;1-6-4-2-3-5-7-6/h2-14H2,1H3;2-5H,1H3. The summed E-state index contributed by atoms with van der Waals surface area (Å²) in [6, 6.07) is 5.86. The summed E-state index contributed by atoms with van der Waals surface area (Å²) in [5, 5.41) is 1.18. The lowest BCUT2D eigenvalue weighted by molar-refractivity contribution is 0.548. The monoisotopic (exact) mass is 369 g/mol. The average Bonchev–Trinajstić information content (AvgIpc) is 2.54. The number of pyridine rings is 1. The molecule has 128 valence electrons. The van der Waals surface area contributed by atoms with E-state index in [-0.39, 0.29) is 0 Å². The number of aryl methyl sites for hydroxylation is 1. The lowest BCUT2D eigenvalue weighted by atomic mass is 10.1. The van der Waals surface area contributed by atoms with Crippen molar-refractivity contribution in [3.05, 3.63) is 30.1 Å². The molecule has 0 aromatic carbocycles. The minimum atomic E-state index is 1.07. The molecule has 0 fully saturated rings. The first-order valence-corrected chi connectivity index (χ1v) is 10.4. The highest BCUT2D eigenvalue weighted by atomic mass is 79.9. The molecule has 0 amide bonds. The number of aromatic nitrogens is 1. The SMILES string of the molecule is CCCCCCCCCCCCCCBr.Cc1ccccn1. The van der Waals surface area contributed by atoms with Crippen molar-refractivity contribution in [2.45, 2.75) is 90.9 Å². The minimum Gasteiger partial charge on any atom is -0.262 e. The van der Waals surface area contributed by atoms with Crippen molar-refractivity contribution in [3.63, 3.8) is 0 Å². The van der Waals surface area contributed by atoms with E-state index in [0.717, 1.165) is 5.69 Å². The van der Waals surface area contributed by atoms with Crippen LogP contribution >= 0.6 is 15.9 Å². The molecule has 1 aromatic heterocycles. The van der Waals surface area contributed by atoms with Crippen LogP contribution in [0, 0.1) is 6.92 Å². The van der Waals surface area contributed by atoms with Gasteiger partial charge in [-0.2, -0.15) is 0 Å². The average molecular weight is 370 g/mol. The topological polar surface area (TPSA) is 12.9 Å². The van der Waals surface area contributed by atoms with Gasteiger partial charge in [-0.15, -0.1) is 0 Å². The van der Waals surface area contributed by atoms with E-state index in [0.29, 0.717) is 0 Å². The maximum Gasteiger partial charge on any atom is 0.0372 e. The van der Waals surface area contributed by atoms with Gasteiger partial charge in [0.05, 0.1) is 0 Å². The largest absolute Gasteiger partial charge is 0.262 e. The molecule has 0 spiro atoms. The Morgan fingerprint density at radius 2 is 1.27 bits per heavy atom. The number of nitrogens with zero attached hydrogens (tertiary/aromatic N) is 1. The number of unbranched alkanes of at least 4 members (excludes halogenated alkanes) is 11. The van der Waals surface area contributed by atoms with Crippen molar-refractivity contribution < 1.29 is 0 Å². The molecular weight excluding hydrogens is 334 g/mol. The Labute approximate surface area is 147 Å². The number of halogens is 1. The molecule has 0 saturated heterocycles. The van der Waals surface area contributed by atoms with Gasteiger partial charge < -0.3 is 0 Å². The van der Waals surface area contributed by atoms with E-state index in [1.165, 1.54) is 82.4 Å². The predicted octanol–water partition coefficient (Wildman–Crippen LogP) is 7.47. The highest BCUT2D eigenvalue weighted by Crippen LogP contribution is 2.12. The molecule has 0 bridgehead atoms. The van der Waals surface area contributed by atoms with Crippen molar-refractivity contribution in [2.75, 3.05) is 5.33 Å². The Morgan fingerprint density at radius 1 is 0.773 bits per heavy atom. The Morgan fingerprint density at radius 3 is 1.59 bits per heavy atom. The van der Waals surface area contributed by atoms with Gasteiger partial charge in [-0.05, 0) is 25.5 Å². The van der Waals surface area contributed by atoms with Crippen molar-refractivity contribution in [3.8, 4) is 0 Å². The Balaban J connectivity index is 0.000000518. The molecule has 0 N–H and O–H groups in total. The lowest BCUT2D eigenvalue weighted by Crippen LogP contribution is -1.82. The van der Waals surface area contributed by atoms with Crippen LogP contribution in [-0.4, -0.2) is 10.3 Å². The number of rotatable bonds is 12. The zero-order valence-corrected chi connectivity index (χ0v) is 16.4. The number of hydrogen-bond donors (Lipinski definition) is 0. The molecular formula is C20H36BrN. The first kappa shape index (κ1) is 21.6. The van der Waals surface area contributed by atoms with Gasteiger partial charge in [0.25, 0.3) is 0 Å². The first-order valence-electron chi connectivity index (χ1n) is 9.24. The van der Waals surface area contributed by atoms with E-state index >= 15 is 0 Å². The van der Waals surface area contributed by atoms with E-state index < -0.39 is 0 Å². The molecule has 0 saturated carbocycles. The van der Waals surface area contributed by atoms with Gasteiger partial charge in [0, 0.05) is 17.2 Å². The van der Waals surface area contributed by atoms with Gasteiger partial charge in [0.1, 0.15) is 0 Å². The summed E-state index contributed by atoms with van der Waals surface area (Å²) < 4.78 is 0. The maximum atomic E-state index is 3.98. The molecule has 0 unspecified atom stereocenters. The molecule has 0 atom stereocenters. The third kappa shape index (κ3) is 17.7. The van der Waals surface area contributed by atoms with Crippen LogP contribution in [-0.2, 0) is 0 Å². The van der Waals surface area contributed by atoms with Crippen LogP contribution in [0.5, 0.6) is 0 Å². The van der Waals surface area contributed by atoms with Gasteiger partial charge >= 0.3 is 0 Å². The molecule has 1 aromatic rings. The van der Waals surface area contributed by atoms with Crippen molar-refractivity contribution >= 4 is 15.9 Å². The molecule has 1 rings (SSSR count). The van der Waals surface area contributed by atoms with Crippen LogP contribution in [0.2, 0.25) is 0 Å². The summed E-state index contributed by atoms with van der Waals surface area (Å²) in [6.07, 6.45) is 19.1. The molecule has 1 nitrogen and oxygen atoms in total. The van der Waals surface area contributed by atoms with Crippen LogP contribution in [0.1, 0.15) is 89.7 Å². The summed E-state index contributed by atoms with van der Waals surface area (Å²) in [5.41, 5.74) is 1.07. The van der Waals surface area contributed by atoms with Gasteiger partial charge in [0.2, 0.25) is 0 Å². The third-order valence-corrected chi connectivity index (χ3v) is 4.36. The van der Waals surface area contributed by atoms with E-state index in [2.05, 4.69) is 27.8 Å². The van der Waals surface area contributed by atoms with Crippen molar-refractivity contribution in [1.82, 2.24) is 4.98 Å². The fourth-order valence-corrected chi connectivity index (χ4v) is 2.78. The zero-order chi connectivity index (χ0) is 16.3. The molecule has 0 aliphatic carbocycles. The second-order valence-corrected chi connectivity index (χ2v) is 6.84. The summed E-state index contributed by atoms with van der Waals surface area (Å²) >= 11 is 3.47. The lowest BCUT2D eigenvalue weighted by Gasteiger charge is -2.01. The Bertz CT molecular complexity index is 288. The van der Waals surface area contributed by atoms with E-state index in [4.69, 9.17) is 0 Å². The van der Waals surface area contributed by atoms with Gasteiger partial charge in [-0.1, -0.05) is 99.5 Å². The number of alkyl halides is 1. The van der Waals surface area contributed by atoms with Crippen LogP contribution in [0.3, 0.4) is 0 Å². The van der Waals surface area contributed by atoms with Gasteiger partial charge in [-0.25, -0.2) is 0 Å². The first-order chi connectivity index (χ1) is 10.8. The zero-order valence-electron chi connectivity index (χ0n) is 14.8. The predicted molar refractivity (Wildman–Crippen MR) is 104 cm³/mol. The fraction of sp³-hybridized carbons (Fsp3) is 0.750. The minimum absolute atomic E-state index is 1.07. The second kappa shape index (κ2) is 18.7. The molecule has 0 aliphatic heterocycles. The van der Waals surface area contributed by atoms with Crippen LogP contribution in [0.4, 0.5) is 0 Å². The van der Waals surface area contributed by atoms with Gasteiger partial charge in [0.15, 0.2) is 0 Å². The van der Waals surface area contributed by atoms with E-state index in [9.17, 15) is 0 Å². The van der Waals surface area contributed by atoms with E-state index in [1.54, 1.807) is 6.20 Å². The number of hydrogen-bond acceptors (Lipinski definition) is 1.